The van der Waals surface area contributed by atoms with Crippen LogP contribution in [0.4, 0.5) is 0 Å². The average Bonchev–Trinajstić information content (AvgIpc) is 4.15. The molecule has 2 atom stereocenters. The highest BCUT2D eigenvalue weighted by molar-refractivity contribution is 7.24. The van der Waals surface area contributed by atoms with Gasteiger partial charge in [-0.2, -0.15) is 5.26 Å². The monoisotopic (exact) mass is 915 g/mol. The molecule has 12 aromatic rings. The van der Waals surface area contributed by atoms with E-state index in [1.54, 1.807) is 0 Å². The Kier molecular flexibility index (Phi) is 8.51. The molecule has 0 N–H and O–H groups in total. The van der Waals surface area contributed by atoms with Crippen molar-refractivity contribution in [3.8, 4) is 78.5 Å². The van der Waals surface area contributed by atoms with Gasteiger partial charge in [-0.1, -0.05) is 188 Å². The van der Waals surface area contributed by atoms with E-state index in [-0.39, 0.29) is 5.92 Å². The Hall–Kier alpha value is -9.14. The van der Waals surface area contributed by atoms with Crippen molar-refractivity contribution in [1.82, 2.24) is 9.55 Å². The van der Waals surface area contributed by atoms with E-state index in [2.05, 4.69) is 247 Å². The molecule has 328 valence electrons. The Bertz CT molecular complexity index is 4190. The SMILES string of the molecule is N#Cc1cc(C2c3ccccc3-c3cc(-c4ccccc4)ccc32)c(-c2cccc3c2[Si]2(c4ccccc4-c4cnccc42)c2ccccc2-3)c(-n2c3ccccc3c3cc(-c4ccccc4)ccc32)c1. The van der Waals surface area contributed by atoms with Crippen molar-refractivity contribution in [3.63, 3.8) is 0 Å². The first-order valence-electron chi connectivity index (χ1n) is 24.4. The molecule has 2 unspecified atom stereocenters. The second-order valence-electron chi connectivity index (χ2n) is 19.2. The van der Waals surface area contributed by atoms with Gasteiger partial charge in [-0.05, 0) is 136 Å². The van der Waals surface area contributed by atoms with E-state index in [1.165, 1.54) is 104 Å². The number of para-hydroxylation sites is 1. The smallest absolute Gasteiger partial charge is 0.182 e. The van der Waals surface area contributed by atoms with Crippen molar-refractivity contribution < 1.29 is 0 Å². The zero-order valence-electron chi connectivity index (χ0n) is 38.5. The van der Waals surface area contributed by atoms with Gasteiger partial charge in [0.15, 0.2) is 8.07 Å². The summed E-state index contributed by atoms with van der Waals surface area (Å²) in [4.78, 5) is 4.78. The standard InChI is InChI=1S/C67H41N3Si/c68-40-42-36-57(65-51-24-8-7-20-47(51)55-38-45(30-32-52(55)65)43-16-3-1-4-17-43)66(61(37-42)70-59-27-12-9-21-48(59)56-39-46(31-33-60(56)70)44-18-5-2-6-19-44)54-26-15-25-53-49-22-10-13-28-62(49)71(67(53)54)63-29-14-11-23-50(63)58-41-69-35-34-64(58)71/h1-39,41,65H. The number of nitrogens with zero attached hydrogens (tertiary/aromatic N) is 3. The topological polar surface area (TPSA) is 41.6 Å². The third-order valence-electron chi connectivity index (χ3n) is 15.8. The fourth-order valence-electron chi connectivity index (χ4n) is 13.1. The lowest BCUT2D eigenvalue weighted by Crippen LogP contribution is -2.71. The quantitative estimate of drug-likeness (QED) is 0.161. The van der Waals surface area contributed by atoms with Crippen LogP contribution in [-0.4, -0.2) is 17.6 Å². The zero-order chi connectivity index (χ0) is 46.8. The summed E-state index contributed by atoms with van der Waals surface area (Å²) >= 11 is 0. The van der Waals surface area contributed by atoms with Crippen LogP contribution in [0, 0.1) is 11.3 Å². The van der Waals surface area contributed by atoms with Gasteiger partial charge in [0.05, 0.1) is 28.4 Å². The van der Waals surface area contributed by atoms with Crippen molar-refractivity contribution in [2.24, 2.45) is 0 Å². The van der Waals surface area contributed by atoms with Gasteiger partial charge in [-0.3, -0.25) is 4.98 Å². The Morgan fingerprint density at radius 1 is 0.408 bits per heavy atom. The minimum atomic E-state index is -3.03. The largest absolute Gasteiger partial charge is 0.309 e. The average molecular weight is 916 g/mol. The molecule has 0 amide bonds. The first-order chi connectivity index (χ1) is 35.2. The minimum Gasteiger partial charge on any atom is -0.309 e. The van der Waals surface area contributed by atoms with Gasteiger partial charge in [0.2, 0.25) is 0 Å². The number of fused-ring (bicyclic) bond motifs is 16. The second kappa shape index (κ2) is 15.2. The summed E-state index contributed by atoms with van der Waals surface area (Å²) in [6.07, 6.45) is 4.09. The highest BCUT2D eigenvalue weighted by Crippen LogP contribution is 2.53. The van der Waals surface area contributed by atoms with Gasteiger partial charge in [0.25, 0.3) is 0 Å². The Morgan fingerprint density at radius 2 is 1.00 bits per heavy atom. The molecule has 0 fully saturated rings. The van der Waals surface area contributed by atoms with Crippen molar-refractivity contribution in [3.05, 3.63) is 265 Å². The molecule has 1 spiro atoms. The number of hydrogen-bond donors (Lipinski definition) is 0. The van der Waals surface area contributed by atoms with Crippen molar-refractivity contribution in [1.29, 1.82) is 5.26 Å². The van der Waals surface area contributed by atoms with E-state index in [9.17, 15) is 5.26 Å². The molecule has 4 heteroatoms. The second-order valence-corrected chi connectivity index (χ2v) is 22.8. The van der Waals surface area contributed by atoms with Gasteiger partial charge in [0.1, 0.15) is 0 Å². The van der Waals surface area contributed by atoms with Crippen LogP contribution in [-0.2, 0) is 0 Å². The molecule has 2 aliphatic heterocycles. The highest BCUT2D eigenvalue weighted by atomic mass is 28.3. The van der Waals surface area contributed by atoms with Gasteiger partial charge >= 0.3 is 0 Å². The van der Waals surface area contributed by atoms with E-state index >= 15 is 0 Å². The summed E-state index contributed by atoms with van der Waals surface area (Å²) in [6, 6.07) is 87.8. The summed E-state index contributed by atoms with van der Waals surface area (Å²) in [6.45, 7) is 0. The van der Waals surface area contributed by atoms with Crippen molar-refractivity contribution >= 4 is 50.6 Å². The lowest BCUT2D eigenvalue weighted by Gasteiger charge is -2.31. The molecular formula is C67H41N3Si. The first kappa shape index (κ1) is 39.8. The van der Waals surface area contributed by atoms with Crippen LogP contribution in [0.25, 0.3) is 94.3 Å². The van der Waals surface area contributed by atoms with Gasteiger partial charge in [0, 0.05) is 40.2 Å². The van der Waals surface area contributed by atoms with Gasteiger partial charge in [-0.15, -0.1) is 0 Å². The number of hydrogen-bond acceptors (Lipinski definition) is 2. The third-order valence-corrected chi connectivity index (χ3v) is 20.8. The van der Waals surface area contributed by atoms with Crippen LogP contribution in [0.15, 0.2) is 243 Å². The molecule has 0 radical (unpaired) electrons. The molecule has 1 aliphatic carbocycles. The number of nitriles is 1. The molecule has 0 saturated carbocycles. The van der Waals surface area contributed by atoms with Crippen LogP contribution in [0.2, 0.25) is 0 Å². The summed E-state index contributed by atoms with van der Waals surface area (Å²) in [5.41, 5.74) is 22.0. The molecule has 3 aliphatic rings. The molecule has 0 bridgehead atoms. The Balaban J connectivity index is 1.10. The molecule has 4 heterocycles. The Labute approximate surface area is 412 Å². The summed E-state index contributed by atoms with van der Waals surface area (Å²) < 4.78 is 2.47. The fourth-order valence-corrected chi connectivity index (χ4v) is 18.8. The van der Waals surface area contributed by atoms with Gasteiger partial charge < -0.3 is 4.57 Å². The molecule has 15 rings (SSSR count). The molecule has 10 aromatic carbocycles. The molecule has 3 nitrogen and oxygen atoms in total. The van der Waals surface area contributed by atoms with E-state index in [4.69, 9.17) is 4.98 Å². The summed E-state index contributed by atoms with van der Waals surface area (Å²) in [7, 11) is -3.03. The van der Waals surface area contributed by atoms with Crippen LogP contribution in [0.3, 0.4) is 0 Å². The molecular weight excluding hydrogens is 875 g/mol. The maximum absolute atomic E-state index is 11.3. The van der Waals surface area contributed by atoms with Crippen LogP contribution in [0.1, 0.15) is 28.2 Å². The van der Waals surface area contributed by atoms with E-state index in [0.717, 1.165) is 27.8 Å². The summed E-state index contributed by atoms with van der Waals surface area (Å²) in [5.74, 6) is -0.171. The van der Waals surface area contributed by atoms with E-state index < -0.39 is 8.07 Å². The third kappa shape index (κ3) is 5.50. The fraction of sp³-hybridized carbons (Fsp3) is 0.0149. The van der Waals surface area contributed by atoms with Crippen molar-refractivity contribution in [2.45, 2.75) is 5.92 Å². The van der Waals surface area contributed by atoms with E-state index in [1.807, 2.05) is 6.20 Å². The zero-order valence-corrected chi connectivity index (χ0v) is 39.5. The maximum atomic E-state index is 11.3. The molecule has 2 aromatic heterocycles. The van der Waals surface area contributed by atoms with Gasteiger partial charge in [-0.25, -0.2) is 0 Å². The molecule has 0 saturated heterocycles. The Morgan fingerprint density at radius 3 is 1.77 bits per heavy atom. The number of pyridine rings is 1. The van der Waals surface area contributed by atoms with Crippen LogP contribution in [0.5, 0.6) is 0 Å². The number of rotatable bonds is 5. The predicted molar refractivity (Wildman–Crippen MR) is 294 cm³/mol. The minimum absolute atomic E-state index is 0.171. The normalized spacial score (nSPS) is 15.5. The van der Waals surface area contributed by atoms with Crippen LogP contribution < -0.4 is 20.7 Å². The predicted octanol–water partition coefficient (Wildman–Crippen LogP) is 13.6. The lowest BCUT2D eigenvalue weighted by atomic mass is 9.82. The number of aromatic nitrogens is 2. The lowest BCUT2D eigenvalue weighted by molar-refractivity contribution is 1.01. The number of benzene rings is 10. The van der Waals surface area contributed by atoms with Crippen LogP contribution >= 0.6 is 0 Å². The first-order valence-corrected chi connectivity index (χ1v) is 26.4. The maximum Gasteiger partial charge on any atom is 0.182 e. The molecule has 71 heavy (non-hydrogen) atoms. The highest BCUT2D eigenvalue weighted by Gasteiger charge is 2.55. The van der Waals surface area contributed by atoms with E-state index in [0.29, 0.717) is 5.56 Å². The van der Waals surface area contributed by atoms with Crippen molar-refractivity contribution in [2.75, 3.05) is 0 Å². The summed E-state index contributed by atoms with van der Waals surface area (Å²) in [5, 5.41) is 19.2.